The van der Waals surface area contributed by atoms with Crippen molar-refractivity contribution in [1.82, 2.24) is 10.2 Å². The van der Waals surface area contributed by atoms with Gasteiger partial charge in [-0.1, -0.05) is 23.5 Å². The number of hydrogen-bond acceptors (Lipinski definition) is 6. The van der Waals surface area contributed by atoms with Crippen LogP contribution >= 0.6 is 11.3 Å². The Hall–Kier alpha value is -1.99. The number of anilines is 1. The molecule has 0 aliphatic carbocycles. The SMILES string of the molecule is CCOc1ccc(CC(=O)Nc2nnc(C3CCCO3)s2)cc1. The van der Waals surface area contributed by atoms with E-state index in [1.54, 1.807) is 0 Å². The van der Waals surface area contributed by atoms with Crippen LogP contribution in [0.4, 0.5) is 5.13 Å². The van der Waals surface area contributed by atoms with Crippen LogP contribution in [0.2, 0.25) is 0 Å². The fraction of sp³-hybridized carbons (Fsp3) is 0.438. The Morgan fingerprint density at radius 3 is 2.91 bits per heavy atom. The Bertz CT molecular complexity index is 651. The van der Waals surface area contributed by atoms with Gasteiger partial charge in [-0.15, -0.1) is 10.2 Å². The molecular weight excluding hydrogens is 314 g/mol. The lowest BCUT2D eigenvalue weighted by atomic mass is 10.1. The average molecular weight is 333 g/mol. The molecule has 23 heavy (non-hydrogen) atoms. The minimum atomic E-state index is -0.107. The van der Waals surface area contributed by atoms with Crippen LogP contribution in [0.3, 0.4) is 0 Å². The second-order valence-electron chi connectivity index (χ2n) is 5.25. The van der Waals surface area contributed by atoms with Crippen molar-refractivity contribution in [2.75, 3.05) is 18.5 Å². The van der Waals surface area contributed by atoms with E-state index in [0.717, 1.165) is 35.8 Å². The molecule has 122 valence electrons. The highest BCUT2D eigenvalue weighted by atomic mass is 32.1. The lowest BCUT2D eigenvalue weighted by Crippen LogP contribution is -2.14. The summed E-state index contributed by atoms with van der Waals surface area (Å²) in [6.45, 7) is 3.34. The molecule has 1 unspecified atom stereocenters. The molecule has 1 saturated heterocycles. The number of benzene rings is 1. The summed E-state index contributed by atoms with van der Waals surface area (Å²) in [4.78, 5) is 12.1. The molecule has 1 aromatic heterocycles. The van der Waals surface area contributed by atoms with Gasteiger partial charge in [0.25, 0.3) is 0 Å². The molecule has 1 aliphatic heterocycles. The summed E-state index contributed by atoms with van der Waals surface area (Å²) in [5.41, 5.74) is 0.926. The Kier molecular flexibility index (Phi) is 5.19. The van der Waals surface area contributed by atoms with E-state index in [0.29, 0.717) is 18.2 Å². The number of amides is 1. The number of nitrogens with zero attached hydrogens (tertiary/aromatic N) is 2. The fourth-order valence-electron chi connectivity index (χ4n) is 2.41. The van der Waals surface area contributed by atoms with Gasteiger partial charge >= 0.3 is 0 Å². The van der Waals surface area contributed by atoms with Gasteiger partial charge in [0.1, 0.15) is 16.9 Å². The number of aromatic nitrogens is 2. The molecule has 1 fully saturated rings. The number of ether oxygens (including phenoxy) is 2. The summed E-state index contributed by atoms with van der Waals surface area (Å²) in [7, 11) is 0. The summed E-state index contributed by atoms with van der Waals surface area (Å²) in [5.74, 6) is 0.700. The molecule has 0 radical (unpaired) electrons. The first-order valence-electron chi connectivity index (χ1n) is 7.71. The minimum absolute atomic E-state index is 0.0317. The molecule has 1 atom stereocenters. The highest BCUT2D eigenvalue weighted by Crippen LogP contribution is 2.31. The molecule has 1 amide bonds. The van der Waals surface area contributed by atoms with Crippen molar-refractivity contribution in [2.24, 2.45) is 0 Å². The second kappa shape index (κ2) is 7.52. The van der Waals surface area contributed by atoms with Gasteiger partial charge < -0.3 is 14.8 Å². The Morgan fingerprint density at radius 2 is 2.22 bits per heavy atom. The molecule has 1 aromatic carbocycles. The van der Waals surface area contributed by atoms with E-state index in [4.69, 9.17) is 9.47 Å². The molecule has 3 rings (SSSR count). The first kappa shape index (κ1) is 15.9. The normalized spacial score (nSPS) is 17.2. The van der Waals surface area contributed by atoms with Gasteiger partial charge in [-0.3, -0.25) is 4.79 Å². The summed E-state index contributed by atoms with van der Waals surface area (Å²) in [6.07, 6.45) is 2.34. The molecular formula is C16H19N3O3S. The van der Waals surface area contributed by atoms with Crippen molar-refractivity contribution in [3.05, 3.63) is 34.8 Å². The third kappa shape index (κ3) is 4.27. The van der Waals surface area contributed by atoms with Crippen molar-refractivity contribution in [3.63, 3.8) is 0 Å². The van der Waals surface area contributed by atoms with Gasteiger partial charge in [0.05, 0.1) is 13.0 Å². The molecule has 6 nitrogen and oxygen atoms in total. The molecule has 2 aromatic rings. The highest BCUT2D eigenvalue weighted by molar-refractivity contribution is 7.15. The summed E-state index contributed by atoms with van der Waals surface area (Å²) >= 11 is 1.38. The van der Waals surface area contributed by atoms with E-state index in [-0.39, 0.29) is 12.0 Å². The summed E-state index contributed by atoms with van der Waals surface area (Å²) in [5, 5.41) is 12.3. The van der Waals surface area contributed by atoms with Crippen LogP contribution in [0.25, 0.3) is 0 Å². The van der Waals surface area contributed by atoms with E-state index < -0.39 is 0 Å². The quantitative estimate of drug-likeness (QED) is 0.880. The zero-order chi connectivity index (χ0) is 16.1. The molecule has 0 saturated carbocycles. The van der Waals surface area contributed by atoms with Crippen LogP contribution in [0.5, 0.6) is 5.75 Å². The summed E-state index contributed by atoms with van der Waals surface area (Å²) in [6, 6.07) is 7.52. The van der Waals surface area contributed by atoms with E-state index in [2.05, 4.69) is 15.5 Å². The van der Waals surface area contributed by atoms with Crippen LogP contribution in [-0.2, 0) is 16.0 Å². The number of carbonyl (C=O) groups excluding carboxylic acids is 1. The predicted molar refractivity (Wildman–Crippen MR) is 87.8 cm³/mol. The number of carbonyl (C=O) groups is 1. The van der Waals surface area contributed by atoms with Gasteiger partial charge in [-0.05, 0) is 37.5 Å². The van der Waals surface area contributed by atoms with Gasteiger partial charge in [-0.2, -0.15) is 0 Å². The van der Waals surface area contributed by atoms with Crippen LogP contribution in [0, 0.1) is 0 Å². The molecule has 0 spiro atoms. The van der Waals surface area contributed by atoms with E-state index in [1.165, 1.54) is 11.3 Å². The maximum Gasteiger partial charge on any atom is 0.230 e. The number of nitrogens with one attached hydrogen (secondary N) is 1. The lowest BCUT2D eigenvalue weighted by Gasteiger charge is -2.05. The van der Waals surface area contributed by atoms with Gasteiger partial charge in [0, 0.05) is 6.61 Å². The Labute approximate surface area is 138 Å². The fourth-order valence-corrected chi connectivity index (χ4v) is 3.25. The standard InChI is InChI=1S/C16H19N3O3S/c1-2-21-12-7-5-11(6-8-12)10-14(20)17-16-19-18-15(23-16)13-4-3-9-22-13/h5-8,13H,2-4,9-10H2,1H3,(H,17,19,20). The maximum absolute atomic E-state index is 12.1. The smallest absolute Gasteiger partial charge is 0.230 e. The van der Waals surface area contributed by atoms with E-state index >= 15 is 0 Å². The van der Waals surface area contributed by atoms with Crippen molar-refractivity contribution >= 4 is 22.4 Å². The zero-order valence-electron chi connectivity index (χ0n) is 12.9. The first-order valence-corrected chi connectivity index (χ1v) is 8.53. The van der Waals surface area contributed by atoms with Crippen molar-refractivity contribution in [2.45, 2.75) is 32.3 Å². The van der Waals surface area contributed by atoms with E-state index in [1.807, 2.05) is 31.2 Å². The van der Waals surface area contributed by atoms with Gasteiger partial charge in [0.2, 0.25) is 11.0 Å². The van der Waals surface area contributed by atoms with Crippen LogP contribution in [0.1, 0.15) is 36.4 Å². The van der Waals surface area contributed by atoms with Crippen molar-refractivity contribution in [1.29, 1.82) is 0 Å². The van der Waals surface area contributed by atoms with E-state index in [9.17, 15) is 4.79 Å². The molecule has 0 bridgehead atoms. The maximum atomic E-state index is 12.1. The lowest BCUT2D eigenvalue weighted by molar-refractivity contribution is -0.115. The van der Waals surface area contributed by atoms with Crippen LogP contribution in [-0.4, -0.2) is 29.3 Å². The van der Waals surface area contributed by atoms with Crippen LogP contribution in [0.15, 0.2) is 24.3 Å². The second-order valence-corrected chi connectivity index (χ2v) is 6.26. The minimum Gasteiger partial charge on any atom is -0.494 e. The largest absolute Gasteiger partial charge is 0.494 e. The molecule has 1 aliphatic rings. The summed E-state index contributed by atoms with van der Waals surface area (Å²) < 4.78 is 11.0. The Morgan fingerprint density at radius 1 is 1.39 bits per heavy atom. The number of hydrogen-bond donors (Lipinski definition) is 1. The first-order chi connectivity index (χ1) is 11.2. The molecule has 1 N–H and O–H groups in total. The average Bonchev–Trinajstić information content (AvgIpc) is 3.20. The molecule has 2 heterocycles. The monoisotopic (exact) mass is 333 g/mol. The third-order valence-electron chi connectivity index (χ3n) is 3.49. The van der Waals surface area contributed by atoms with Gasteiger partial charge in [0.15, 0.2) is 0 Å². The predicted octanol–water partition coefficient (Wildman–Crippen LogP) is 2.97. The van der Waals surface area contributed by atoms with Crippen molar-refractivity contribution < 1.29 is 14.3 Å². The third-order valence-corrected chi connectivity index (χ3v) is 4.42. The zero-order valence-corrected chi connectivity index (χ0v) is 13.8. The highest BCUT2D eigenvalue weighted by Gasteiger charge is 2.22. The van der Waals surface area contributed by atoms with Crippen molar-refractivity contribution in [3.8, 4) is 5.75 Å². The number of rotatable bonds is 6. The topological polar surface area (TPSA) is 73.3 Å². The van der Waals surface area contributed by atoms with Crippen LogP contribution < -0.4 is 10.1 Å². The van der Waals surface area contributed by atoms with Gasteiger partial charge in [-0.25, -0.2) is 0 Å². The Balaban J connectivity index is 1.54. The molecule has 7 heteroatoms.